The lowest BCUT2D eigenvalue weighted by molar-refractivity contribution is -0.138. The summed E-state index contributed by atoms with van der Waals surface area (Å²) in [4.78, 5) is 34.9. The van der Waals surface area contributed by atoms with Crippen molar-refractivity contribution in [3.05, 3.63) is 60.4 Å². The molecule has 0 aromatic carbocycles. The van der Waals surface area contributed by atoms with Gasteiger partial charge in [-0.15, -0.1) is 0 Å². The number of amides is 1. The van der Waals surface area contributed by atoms with Gasteiger partial charge in [0, 0.05) is 30.2 Å². The van der Waals surface area contributed by atoms with Gasteiger partial charge in [-0.2, -0.15) is 0 Å². The number of aliphatic hydroxyl groups excluding tert-OH is 2. The predicted molar refractivity (Wildman–Crippen MR) is 134 cm³/mol. The number of imidazole rings is 1. The molecule has 0 spiro atoms. The van der Waals surface area contributed by atoms with Gasteiger partial charge in [-0.05, 0) is 50.6 Å². The van der Waals surface area contributed by atoms with Gasteiger partial charge in [0.05, 0.1) is 18.6 Å². The van der Waals surface area contributed by atoms with Crippen LogP contribution in [-0.2, 0) is 16.1 Å². The quantitative estimate of drug-likeness (QED) is 0.289. The maximum Gasteiger partial charge on any atom is 0.252 e. The highest BCUT2D eigenvalue weighted by molar-refractivity contribution is 5.85. The number of carbonyl (C=O) groups excluding carboxylic acids is 1. The summed E-state index contributed by atoms with van der Waals surface area (Å²) in [7, 11) is 0. The second kappa shape index (κ2) is 10.2. The zero-order valence-electron chi connectivity index (χ0n) is 20.6. The Labute approximate surface area is 212 Å². The maximum atomic E-state index is 12.5. The number of ether oxygens (including phenoxy) is 1. The van der Waals surface area contributed by atoms with E-state index in [0.717, 1.165) is 11.3 Å². The minimum Gasteiger partial charge on any atom is -0.387 e. The number of carbonyl (C=O) groups is 1. The van der Waals surface area contributed by atoms with E-state index in [1.807, 2.05) is 25.1 Å². The third-order valence-corrected chi connectivity index (χ3v) is 5.95. The topological polar surface area (TPSA) is 160 Å². The van der Waals surface area contributed by atoms with E-state index in [2.05, 4.69) is 35.6 Å². The van der Waals surface area contributed by atoms with Crippen LogP contribution in [-0.4, -0.2) is 70.0 Å². The monoisotopic (exact) mass is 504 g/mol. The lowest BCUT2D eigenvalue weighted by atomic mass is 10.1. The van der Waals surface area contributed by atoms with E-state index in [1.165, 1.54) is 10.9 Å². The molecular formula is C25H28N8O4. The van der Waals surface area contributed by atoms with Crippen molar-refractivity contribution in [1.29, 1.82) is 0 Å². The Morgan fingerprint density at radius 1 is 1.16 bits per heavy atom. The molecule has 0 unspecified atom stereocenters. The average molecular weight is 505 g/mol. The van der Waals surface area contributed by atoms with Crippen LogP contribution in [0.3, 0.4) is 0 Å². The van der Waals surface area contributed by atoms with E-state index in [-0.39, 0.29) is 6.04 Å². The van der Waals surface area contributed by atoms with Gasteiger partial charge in [0.25, 0.3) is 5.91 Å². The van der Waals surface area contributed by atoms with Crippen molar-refractivity contribution >= 4 is 22.9 Å². The molecule has 4 aromatic heterocycles. The smallest absolute Gasteiger partial charge is 0.252 e. The van der Waals surface area contributed by atoms with Crippen molar-refractivity contribution in [3.8, 4) is 11.4 Å². The maximum absolute atomic E-state index is 12.5. The van der Waals surface area contributed by atoms with Gasteiger partial charge in [0.1, 0.15) is 12.2 Å². The van der Waals surface area contributed by atoms with Crippen LogP contribution in [0.1, 0.15) is 31.3 Å². The first kappa shape index (κ1) is 24.7. The Morgan fingerprint density at radius 2 is 2.00 bits per heavy atom. The van der Waals surface area contributed by atoms with Gasteiger partial charge in [0.2, 0.25) is 0 Å². The fourth-order valence-electron chi connectivity index (χ4n) is 4.19. The summed E-state index contributed by atoms with van der Waals surface area (Å²) >= 11 is 0. The van der Waals surface area contributed by atoms with Crippen molar-refractivity contribution in [1.82, 2.24) is 34.8 Å². The molecule has 4 aromatic rings. The van der Waals surface area contributed by atoms with Crippen LogP contribution in [0.2, 0.25) is 0 Å². The van der Waals surface area contributed by atoms with Crippen LogP contribution in [0, 0.1) is 6.92 Å². The van der Waals surface area contributed by atoms with Crippen LogP contribution < -0.4 is 10.6 Å². The summed E-state index contributed by atoms with van der Waals surface area (Å²) in [6.45, 7) is 5.99. The highest BCUT2D eigenvalue weighted by Crippen LogP contribution is 2.33. The Morgan fingerprint density at radius 3 is 2.73 bits per heavy atom. The summed E-state index contributed by atoms with van der Waals surface area (Å²) < 4.78 is 7.34. The molecule has 1 fully saturated rings. The third kappa shape index (κ3) is 4.99. The number of aromatic nitrogens is 6. The molecule has 12 nitrogen and oxygen atoms in total. The van der Waals surface area contributed by atoms with Crippen molar-refractivity contribution in [3.63, 3.8) is 0 Å². The summed E-state index contributed by atoms with van der Waals surface area (Å²) in [6, 6.07) is 7.35. The molecule has 4 atom stereocenters. The molecule has 1 saturated heterocycles. The molecule has 4 N–H and O–H groups in total. The summed E-state index contributed by atoms with van der Waals surface area (Å²) in [6.07, 6.45) is 1.34. The molecule has 192 valence electrons. The van der Waals surface area contributed by atoms with Crippen LogP contribution in [0.5, 0.6) is 0 Å². The van der Waals surface area contributed by atoms with Crippen molar-refractivity contribution in [2.24, 2.45) is 0 Å². The minimum atomic E-state index is -1.43. The van der Waals surface area contributed by atoms with Gasteiger partial charge in [-0.25, -0.2) is 15.0 Å². The third-order valence-electron chi connectivity index (χ3n) is 5.95. The van der Waals surface area contributed by atoms with E-state index in [0.29, 0.717) is 34.9 Å². The number of aliphatic hydroxyl groups is 2. The number of fused-ring (bicyclic) bond motifs is 1. The first-order valence-corrected chi connectivity index (χ1v) is 11.9. The number of hydrogen-bond donors (Lipinski definition) is 4. The van der Waals surface area contributed by atoms with Gasteiger partial charge in [0.15, 0.2) is 35.1 Å². The van der Waals surface area contributed by atoms with Crippen LogP contribution in [0.25, 0.3) is 22.6 Å². The van der Waals surface area contributed by atoms with E-state index >= 15 is 0 Å². The summed E-state index contributed by atoms with van der Waals surface area (Å²) in [5.74, 6) is 0.324. The average Bonchev–Trinajstić information content (AvgIpc) is 3.43. The Balaban J connectivity index is 1.53. The minimum absolute atomic E-state index is 0.153. The number of rotatable bonds is 7. The largest absolute Gasteiger partial charge is 0.387 e. The van der Waals surface area contributed by atoms with Crippen molar-refractivity contribution < 1.29 is 19.7 Å². The summed E-state index contributed by atoms with van der Waals surface area (Å²) in [5.41, 5.74) is 3.37. The van der Waals surface area contributed by atoms with Crippen LogP contribution in [0.15, 0.2) is 49.2 Å². The van der Waals surface area contributed by atoms with Crippen LogP contribution >= 0.6 is 0 Å². The molecule has 0 saturated carbocycles. The van der Waals surface area contributed by atoms with E-state index < -0.39 is 30.4 Å². The standard InChI is InChI=1S/C25H28N8O4/c1-13(2)30-24(36)20-18(34)19(35)25(37-20)33-12-29-17-22(28-11-16-9-14(3)6-8-27-16)31-21(32-23(17)33)15-5-4-7-26-10-15/h4-10,12-13,18-20,25,34-35H,11H2,1-3H3,(H,30,36)(H,28,31,32)/t18-,19+,20-,25+/m0/s1. The first-order valence-electron chi connectivity index (χ1n) is 11.9. The molecule has 1 amide bonds. The van der Waals surface area contributed by atoms with E-state index in [4.69, 9.17) is 4.74 Å². The number of nitrogens with zero attached hydrogens (tertiary/aromatic N) is 6. The second-order valence-electron chi connectivity index (χ2n) is 9.23. The second-order valence-corrected chi connectivity index (χ2v) is 9.23. The van der Waals surface area contributed by atoms with Crippen molar-refractivity contribution in [2.45, 2.75) is 57.9 Å². The number of pyridine rings is 2. The first-order chi connectivity index (χ1) is 17.8. The molecule has 12 heteroatoms. The highest BCUT2D eigenvalue weighted by Gasteiger charge is 2.48. The van der Waals surface area contributed by atoms with Crippen molar-refractivity contribution in [2.75, 3.05) is 5.32 Å². The molecule has 0 bridgehead atoms. The molecule has 1 aliphatic heterocycles. The van der Waals surface area contributed by atoms with Crippen LogP contribution in [0.4, 0.5) is 5.82 Å². The summed E-state index contributed by atoms with van der Waals surface area (Å²) in [5, 5.41) is 27.4. The fraction of sp³-hybridized carbons (Fsp3) is 0.360. The van der Waals surface area contributed by atoms with Gasteiger partial charge < -0.3 is 25.6 Å². The molecule has 37 heavy (non-hydrogen) atoms. The highest BCUT2D eigenvalue weighted by atomic mass is 16.6. The molecular weight excluding hydrogens is 476 g/mol. The number of hydrogen-bond acceptors (Lipinski definition) is 10. The Hall–Kier alpha value is -4.00. The normalized spacial score (nSPS) is 21.5. The van der Waals surface area contributed by atoms with E-state index in [9.17, 15) is 15.0 Å². The fourth-order valence-corrected chi connectivity index (χ4v) is 4.19. The van der Waals surface area contributed by atoms with Gasteiger partial charge >= 0.3 is 0 Å². The predicted octanol–water partition coefficient (Wildman–Crippen LogP) is 1.35. The van der Waals surface area contributed by atoms with Gasteiger partial charge in [-0.3, -0.25) is 19.3 Å². The van der Waals surface area contributed by atoms with E-state index in [1.54, 1.807) is 38.5 Å². The lowest BCUT2D eigenvalue weighted by Gasteiger charge is -2.17. The Kier molecular flexibility index (Phi) is 6.78. The molecule has 5 heterocycles. The Bertz CT molecular complexity index is 1410. The SMILES string of the molecule is Cc1ccnc(CNc2nc(-c3cccnc3)nc3c2ncn3[C@@H]2O[C@H](C(=O)NC(C)C)[C@@H](O)[C@H]2O)c1. The van der Waals surface area contributed by atoms with Gasteiger partial charge in [-0.1, -0.05) is 0 Å². The molecule has 5 rings (SSSR count). The number of anilines is 1. The molecule has 0 radical (unpaired) electrons. The molecule has 0 aliphatic carbocycles. The number of nitrogens with one attached hydrogen (secondary N) is 2. The zero-order chi connectivity index (χ0) is 26.1. The number of aryl methyl sites for hydroxylation is 1. The molecule has 1 aliphatic rings. The lowest BCUT2D eigenvalue weighted by Crippen LogP contribution is -2.45. The zero-order valence-corrected chi connectivity index (χ0v) is 20.6.